The Hall–Kier alpha value is -2.42. The lowest BCUT2D eigenvalue weighted by atomic mass is 9.44. The van der Waals surface area contributed by atoms with Gasteiger partial charge in [-0.2, -0.15) is 0 Å². The average molecular weight is 495 g/mol. The van der Waals surface area contributed by atoms with Crippen molar-refractivity contribution in [2.45, 2.75) is 70.6 Å². The van der Waals surface area contributed by atoms with Crippen molar-refractivity contribution in [2.75, 3.05) is 19.9 Å². The molecule has 0 unspecified atom stereocenters. The first-order valence-electron chi connectivity index (χ1n) is 12.1. The number of Topliss-reactive ketones (excluding diaryl/α,β-unsaturated/α-hetero) is 2. The Balaban J connectivity index is 1.76. The number of aldehydes is 1. The summed E-state index contributed by atoms with van der Waals surface area (Å²) in [4.78, 5) is 50.0. The topological polar surface area (TPSA) is 107 Å². The van der Waals surface area contributed by atoms with Crippen LogP contribution in [0.3, 0.4) is 0 Å². The zero-order valence-electron chi connectivity index (χ0n) is 20.3. The number of carbonyl (C=O) groups is 4. The Kier molecular flexibility index (Phi) is 6.31. The first kappa shape index (κ1) is 25.7. The SMILES string of the molecule is CC(=O)OCC(=O)[C@@]1(O)CC[C@H]2[C@@H]3CC(C=O)=C4C=C(OCCF)CC[C@]4(C)[C@@]3(F)C(=O)C[C@@]21C. The molecule has 9 heteroatoms. The highest BCUT2D eigenvalue weighted by atomic mass is 19.1. The number of hydrogen-bond donors (Lipinski definition) is 1. The second kappa shape index (κ2) is 8.61. The van der Waals surface area contributed by atoms with Gasteiger partial charge in [0, 0.05) is 36.5 Å². The van der Waals surface area contributed by atoms with E-state index in [1.165, 1.54) is 0 Å². The third kappa shape index (κ3) is 3.44. The Labute approximate surface area is 202 Å². The monoisotopic (exact) mass is 494 g/mol. The van der Waals surface area contributed by atoms with Crippen LogP contribution in [0.4, 0.5) is 8.78 Å². The number of hydrogen-bond acceptors (Lipinski definition) is 7. The summed E-state index contributed by atoms with van der Waals surface area (Å²) in [6.07, 6.45) is 2.69. The highest BCUT2D eigenvalue weighted by Crippen LogP contribution is 2.69. The molecule has 0 amide bonds. The van der Waals surface area contributed by atoms with Crippen molar-refractivity contribution < 1.29 is 42.5 Å². The lowest BCUT2D eigenvalue weighted by Gasteiger charge is -2.60. The molecule has 0 saturated heterocycles. The molecular formula is C26H32F2O7. The van der Waals surface area contributed by atoms with E-state index in [2.05, 4.69) is 0 Å². The molecule has 0 radical (unpaired) electrons. The van der Waals surface area contributed by atoms with Gasteiger partial charge in [0.15, 0.2) is 18.1 Å². The van der Waals surface area contributed by atoms with Crippen LogP contribution in [-0.4, -0.2) is 60.1 Å². The quantitative estimate of drug-likeness (QED) is 0.428. The normalized spacial score (nSPS) is 40.3. The summed E-state index contributed by atoms with van der Waals surface area (Å²) in [7, 11) is 0. The van der Waals surface area contributed by atoms with E-state index < -0.39 is 64.8 Å². The van der Waals surface area contributed by atoms with E-state index in [0.717, 1.165) is 6.92 Å². The molecule has 0 aliphatic heterocycles. The molecule has 0 aromatic rings. The highest BCUT2D eigenvalue weighted by molar-refractivity contribution is 5.96. The van der Waals surface area contributed by atoms with Gasteiger partial charge in [0.05, 0.1) is 5.76 Å². The third-order valence-electron chi connectivity index (χ3n) is 9.25. The van der Waals surface area contributed by atoms with Crippen LogP contribution in [0.2, 0.25) is 0 Å². The lowest BCUT2D eigenvalue weighted by Crippen LogP contribution is -2.68. The number of carbonyl (C=O) groups excluding carboxylic acids is 4. The van der Waals surface area contributed by atoms with Crippen molar-refractivity contribution in [2.24, 2.45) is 22.7 Å². The van der Waals surface area contributed by atoms with Gasteiger partial charge in [-0.25, -0.2) is 8.78 Å². The minimum atomic E-state index is -2.30. The number of ether oxygens (including phenoxy) is 2. The van der Waals surface area contributed by atoms with Gasteiger partial charge in [-0.05, 0) is 48.8 Å². The number of ketones is 2. The zero-order chi connectivity index (χ0) is 25.8. The fourth-order valence-corrected chi connectivity index (χ4v) is 7.36. The second-order valence-corrected chi connectivity index (χ2v) is 10.8. The van der Waals surface area contributed by atoms with Crippen molar-refractivity contribution in [3.05, 3.63) is 23.0 Å². The number of rotatable bonds is 7. The molecule has 4 aliphatic rings. The number of halogens is 2. The fraction of sp³-hybridized carbons (Fsp3) is 0.692. The van der Waals surface area contributed by atoms with Crippen LogP contribution in [0.15, 0.2) is 23.0 Å². The van der Waals surface area contributed by atoms with Gasteiger partial charge < -0.3 is 14.6 Å². The summed E-state index contributed by atoms with van der Waals surface area (Å²) >= 11 is 0. The minimum Gasteiger partial charge on any atom is -0.495 e. The van der Waals surface area contributed by atoms with Crippen LogP contribution in [0, 0.1) is 22.7 Å². The Morgan fingerprint density at radius 3 is 2.60 bits per heavy atom. The van der Waals surface area contributed by atoms with E-state index >= 15 is 4.39 Å². The van der Waals surface area contributed by atoms with E-state index in [9.17, 15) is 28.7 Å². The predicted octanol–water partition coefficient (Wildman–Crippen LogP) is 3.13. The van der Waals surface area contributed by atoms with Crippen molar-refractivity contribution >= 4 is 23.8 Å². The molecule has 2 saturated carbocycles. The molecule has 35 heavy (non-hydrogen) atoms. The number of alkyl halides is 2. The van der Waals surface area contributed by atoms with Crippen molar-refractivity contribution in [3.8, 4) is 0 Å². The van der Waals surface area contributed by atoms with Crippen molar-refractivity contribution in [1.29, 1.82) is 0 Å². The summed E-state index contributed by atoms with van der Waals surface area (Å²) in [5.74, 6) is -3.07. The van der Waals surface area contributed by atoms with Crippen LogP contribution in [0.5, 0.6) is 0 Å². The van der Waals surface area contributed by atoms with Crippen molar-refractivity contribution in [1.82, 2.24) is 0 Å². The summed E-state index contributed by atoms with van der Waals surface area (Å²) in [6, 6.07) is 0. The highest BCUT2D eigenvalue weighted by Gasteiger charge is 2.74. The van der Waals surface area contributed by atoms with Gasteiger partial charge in [0.1, 0.15) is 25.2 Å². The van der Waals surface area contributed by atoms with Crippen LogP contribution < -0.4 is 0 Å². The van der Waals surface area contributed by atoms with Crippen LogP contribution >= 0.6 is 0 Å². The van der Waals surface area contributed by atoms with Gasteiger partial charge in [-0.15, -0.1) is 0 Å². The van der Waals surface area contributed by atoms with Crippen LogP contribution in [-0.2, 0) is 28.7 Å². The molecule has 0 heterocycles. The summed E-state index contributed by atoms with van der Waals surface area (Å²) < 4.78 is 40.1. The second-order valence-electron chi connectivity index (χ2n) is 10.8. The standard InChI is InChI=1S/C26H32F2O7/c1-15(30)35-14-22(32)25(33)7-5-18-20-10-16(13-29)19-11-17(34-9-8-27)4-6-23(19,2)26(20,28)21(31)12-24(18,25)3/h11,13,18,20,33H,4-10,12,14H2,1-3H3/t18-,20-,23-,24-,25-,26-/m0/s1. The maximum atomic E-state index is 17.3. The molecule has 0 spiro atoms. The number of esters is 1. The molecule has 7 nitrogen and oxygen atoms in total. The largest absolute Gasteiger partial charge is 0.495 e. The maximum Gasteiger partial charge on any atom is 0.303 e. The zero-order valence-corrected chi connectivity index (χ0v) is 20.3. The lowest BCUT2D eigenvalue weighted by molar-refractivity contribution is -0.187. The number of allylic oxidation sites excluding steroid dienone is 4. The predicted molar refractivity (Wildman–Crippen MR) is 119 cm³/mol. The van der Waals surface area contributed by atoms with Crippen molar-refractivity contribution in [3.63, 3.8) is 0 Å². The maximum absolute atomic E-state index is 17.3. The summed E-state index contributed by atoms with van der Waals surface area (Å²) in [6.45, 7) is 2.98. The molecule has 4 aliphatic carbocycles. The number of fused-ring (bicyclic) bond motifs is 5. The van der Waals surface area contributed by atoms with Gasteiger partial charge in [-0.1, -0.05) is 13.8 Å². The van der Waals surface area contributed by atoms with Crippen LogP contribution in [0.1, 0.15) is 59.3 Å². The van der Waals surface area contributed by atoms with Crippen LogP contribution in [0.25, 0.3) is 0 Å². The molecule has 0 bridgehead atoms. The first-order valence-corrected chi connectivity index (χ1v) is 12.1. The minimum absolute atomic E-state index is 0.0129. The van der Waals surface area contributed by atoms with Gasteiger partial charge in [0.2, 0.25) is 5.78 Å². The molecule has 1 N–H and O–H groups in total. The molecule has 192 valence electrons. The molecule has 4 rings (SSSR count). The average Bonchev–Trinajstić information content (AvgIpc) is 3.08. The molecular weight excluding hydrogens is 462 g/mol. The van der Waals surface area contributed by atoms with Gasteiger partial charge >= 0.3 is 5.97 Å². The third-order valence-corrected chi connectivity index (χ3v) is 9.25. The molecule has 2 fully saturated rings. The fourth-order valence-electron chi connectivity index (χ4n) is 7.36. The molecule has 6 atom stereocenters. The smallest absolute Gasteiger partial charge is 0.303 e. The summed E-state index contributed by atoms with van der Waals surface area (Å²) in [5.41, 5.74) is -6.05. The van der Waals surface area contributed by atoms with E-state index in [4.69, 9.17) is 9.47 Å². The van der Waals surface area contributed by atoms with Gasteiger partial charge in [-0.3, -0.25) is 19.2 Å². The first-order chi connectivity index (χ1) is 16.4. The summed E-state index contributed by atoms with van der Waals surface area (Å²) in [5, 5.41) is 11.5. The Morgan fingerprint density at radius 1 is 1.26 bits per heavy atom. The van der Waals surface area contributed by atoms with E-state index in [1.54, 1.807) is 19.9 Å². The van der Waals surface area contributed by atoms with E-state index in [-0.39, 0.29) is 32.3 Å². The Bertz CT molecular complexity index is 1030. The molecule has 0 aromatic heterocycles. The molecule has 0 aromatic carbocycles. The van der Waals surface area contributed by atoms with E-state index in [0.29, 0.717) is 36.0 Å². The number of aliphatic hydroxyl groups is 1. The van der Waals surface area contributed by atoms with E-state index in [1.807, 2.05) is 0 Å². The van der Waals surface area contributed by atoms with Gasteiger partial charge in [0.25, 0.3) is 0 Å². The Morgan fingerprint density at radius 2 is 1.97 bits per heavy atom.